The van der Waals surface area contributed by atoms with Crippen molar-refractivity contribution in [2.45, 2.75) is 55.1 Å². The molecule has 0 saturated heterocycles. The molecular weight excluding hydrogens is 342 g/mol. The van der Waals surface area contributed by atoms with Gasteiger partial charge in [0.25, 0.3) is 0 Å². The third-order valence-corrected chi connectivity index (χ3v) is 6.23. The highest BCUT2D eigenvalue weighted by Crippen LogP contribution is 2.36. The Morgan fingerprint density at radius 1 is 1.21 bits per heavy atom. The van der Waals surface area contributed by atoms with Crippen LogP contribution >= 0.6 is 11.8 Å². The quantitative estimate of drug-likeness (QED) is 0.817. The van der Waals surface area contributed by atoms with Crippen LogP contribution in [-0.4, -0.2) is 23.7 Å². The molecule has 1 fully saturated rings. The lowest BCUT2D eigenvalue weighted by molar-refractivity contribution is 0.339. The minimum Gasteiger partial charge on any atom is -0.316 e. The van der Waals surface area contributed by atoms with Crippen LogP contribution in [0.1, 0.15) is 45.1 Å². The van der Waals surface area contributed by atoms with E-state index in [1.165, 1.54) is 32.1 Å². The van der Waals surface area contributed by atoms with Gasteiger partial charge in [-0.15, -0.1) is 0 Å². The Morgan fingerprint density at radius 2 is 1.88 bits per heavy atom. The smallest absolute Gasteiger partial charge is 0.238 e. The van der Waals surface area contributed by atoms with Gasteiger partial charge in [-0.3, -0.25) is 0 Å². The molecule has 1 aromatic carbocycles. The molecule has 0 amide bonds. The van der Waals surface area contributed by atoms with E-state index in [2.05, 4.69) is 16.5 Å². The standard InChI is InChI=1S/C17H23N3O2S2/c1-2-23-17-19-12-16(20(17)14-6-4-3-5-7-14)13-8-10-15(11-9-13)24(18,21)22/h8-12,14H,2-7H2,1H3,(H2,18,21,22). The van der Waals surface area contributed by atoms with Gasteiger partial charge in [0.15, 0.2) is 5.16 Å². The van der Waals surface area contributed by atoms with Crippen LogP contribution in [0.3, 0.4) is 0 Å². The van der Waals surface area contributed by atoms with Crippen LogP contribution in [0.4, 0.5) is 0 Å². The summed E-state index contributed by atoms with van der Waals surface area (Å²) in [7, 11) is -3.66. The summed E-state index contributed by atoms with van der Waals surface area (Å²) in [6.45, 7) is 2.13. The SMILES string of the molecule is CCSc1ncc(-c2ccc(S(N)(=O)=O)cc2)n1C1CCCCC1. The first-order valence-electron chi connectivity index (χ1n) is 8.34. The Kier molecular flexibility index (Phi) is 5.32. The monoisotopic (exact) mass is 365 g/mol. The Labute approximate surface area is 147 Å². The number of thioether (sulfide) groups is 1. The zero-order valence-corrected chi connectivity index (χ0v) is 15.4. The van der Waals surface area contributed by atoms with Gasteiger partial charge in [-0.25, -0.2) is 18.5 Å². The molecule has 0 unspecified atom stereocenters. The van der Waals surface area contributed by atoms with Crippen molar-refractivity contribution in [3.8, 4) is 11.3 Å². The number of hydrogen-bond acceptors (Lipinski definition) is 4. The van der Waals surface area contributed by atoms with E-state index in [4.69, 9.17) is 5.14 Å². The molecule has 2 aromatic rings. The molecule has 1 aliphatic carbocycles. The van der Waals surface area contributed by atoms with E-state index in [1.54, 1.807) is 23.9 Å². The number of sulfonamides is 1. The Hall–Kier alpha value is -1.31. The summed E-state index contributed by atoms with van der Waals surface area (Å²) in [5, 5.41) is 6.24. The summed E-state index contributed by atoms with van der Waals surface area (Å²) in [6.07, 6.45) is 8.07. The number of hydrogen-bond donors (Lipinski definition) is 1. The predicted octanol–water partition coefficient (Wildman–Crippen LogP) is 3.81. The first kappa shape index (κ1) is 17.5. The molecule has 1 saturated carbocycles. The summed E-state index contributed by atoms with van der Waals surface area (Å²) in [4.78, 5) is 4.75. The molecule has 5 nitrogen and oxygen atoms in total. The lowest BCUT2D eigenvalue weighted by Gasteiger charge is -2.26. The van der Waals surface area contributed by atoms with Crippen LogP contribution in [0.2, 0.25) is 0 Å². The molecule has 0 spiro atoms. The fraction of sp³-hybridized carbons (Fsp3) is 0.471. The van der Waals surface area contributed by atoms with Crippen molar-refractivity contribution in [3.63, 3.8) is 0 Å². The maximum atomic E-state index is 11.4. The fourth-order valence-electron chi connectivity index (χ4n) is 3.30. The second-order valence-corrected chi connectivity index (χ2v) is 8.88. The van der Waals surface area contributed by atoms with Gasteiger partial charge in [0.1, 0.15) is 0 Å². The first-order valence-corrected chi connectivity index (χ1v) is 10.9. The van der Waals surface area contributed by atoms with Crippen molar-refractivity contribution in [3.05, 3.63) is 30.5 Å². The molecule has 24 heavy (non-hydrogen) atoms. The van der Waals surface area contributed by atoms with E-state index >= 15 is 0 Å². The van der Waals surface area contributed by atoms with Gasteiger partial charge in [-0.2, -0.15) is 0 Å². The van der Waals surface area contributed by atoms with Gasteiger partial charge in [-0.05, 0) is 36.3 Å². The molecule has 1 aromatic heterocycles. The number of nitrogens with zero attached hydrogens (tertiary/aromatic N) is 2. The largest absolute Gasteiger partial charge is 0.316 e. The van der Waals surface area contributed by atoms with Crippen molar-refractivity contribution in [2.75, 3.05) is 5.75 Å². The Balaban J connectivity index is 2.00. The van der Waals surface area contributed by atoms with E-state index in [9.17, 15) is 8.42 Å². The maximum Gasteiger partial charge on any atom is 0.238 e. The normalized spacial score (nSPS) is 16.4. The number of primary sulfonamides is 1. The van der Waals surface area contributed by atoms with E-state index in [0.29, 0.717) is 6.04 Å². The molecule has 0 aliphatic heterocycles. The highest BCUT2D eigenvalue weighted by Gasteiger charge is 2.22. The van der Waals surface area contributed by atoms with Crippen molar-refractivity contribution >= 4 is 21.8 Å². The topological polar surface area (TPSA) is 78.0 Å². The zero-order chi connectivity index (χ0) is 17.2. The second kappa shape index (κ2) is 7.29. The minimum atomic E-state index is -3.66. The molecule has 130 valence electrons. The van der Waals surface area contributed by atoms with E-state index in [0.717, 1.165) is 22.2 Å². The third kappa shape index (κ3) is 3.68. The van der Waals surface area contributed by atoms with Crippen LogP contribution in [0.5, 0.6) is 0 Å². The number of aromatic nitrogens is 2. The van der Waals surface area contributed by atoms with Crippen LogP contribution in [0.25, 0.3) is 11.3 Å². The Morgan fingerprint density at radius 3 is 2.46 bits per heavy atom. The van der Waals surface area contributed by atoms with Gasteiger partial charge in [0.2, 0.25) is 10.0 Å². The lowest BCUT2D eigenvalue weighted by Crippen LogP contribution is -2.15. The summed E-state index contributed by atoms with van der Waals surface area (Å²) >= 11 is 1.75. The number of imidazole rings is 1. The van der Waals surface area contributed by atoms with Crippen LogP contribution in [0.15, 0.2) is 40.5 Å². The van der Waals surface area contributed by atoms with Crippen LogP contribution in [0, 0.1) is 0 Å². The first-order chi connectivity index (χ1) is 11.5. The predicted molar refractivity (Wildman–Crippen MR) is 97.6 cm³/mol. The second-order valence-electron chi connectivity index (χ2n) is 6.09. The van der Waals surface area contributed by atoms with Crippen molar-refractivity contribution in [1.82, 2.24) is 9.55 Å². The summed E-state index contributed by atoms with van der Waals surface area (Å²) in [6, 6.07) is 7.24. The summed E-state index contributed by atoms with van der Waals surface area (Å²) in [5.41, 5.74) is 2.03. The van der Waals surface area contributed by atoms with Crippen LogP contribution in [-0.2, 0) is 10.0 Å². The Bertz CT molecular complexity index is 792. The highest BCUT2D eigenvalue weighted by molar-refractivity contribution is 7.99. The fourth-order valence-corrected chi connectivity index (χ4v) is 4.59. The maximum absolute atomic E-state index is 11.4. The van der Waals surface area contributed by atoms with E-state index < -0.39 is 10.0 Å². The van der Waals surface area contributed by atoms with E-state index in [-0.39, 0.29) is 4.90 Å². The van der Waals surface area contributed by atoms with Gasteiger partial charge < -0.3 is 4.57 Å². The molecule has 0 bridgehead atoms. The van der Waals surface area contributed by atoms with Crippen molar-refractivity contribution < 1.29 is 8.42 Å². The van der Waals surface area contributed by atoms with Crippen molar-refractivity contribution in [1.29, 1.82) is 0 Å². The van der Waals surface area contributed by atoms with Gasteiger partial charge in [0.05, 0.1) is 16.8 Å². The third-order valence-electron chi connectivity index (χ3n) is 4.45. The molecule has 0 radical (unpaired) electrons. The van der Waals surface area contributed by atoms with E-state index in [1.807, 2.05) is 18.3 Å². The highest BCUT2D eigenvalue weighted by atomic mass is 32.2. The van der Waals surface area contributed by atoms with Gasteiger partial charge in [-0.1, -0.05) is 50.1 Å². The molecule has 7 heteroatoms. The molecule has 3 rings (SSSR count). The molecule has 0 atom stereocenters. The average Bonchev–Trinajstić information content (AvgIpc) is 2.99. The average molecular weight is 366 g/mol. The van der Waals surface area contributed by atoms with Gasteiger partial charge >= 0.3 is 0 Å². The molecule has 2 N–H and O–H groups in total. The lowest BCUT2D eigenvalue weighted by atomic mass is 9.95. The molecule has 1 aliphatic rings. The summed E-state index contributed by atoms with van der Waals surface area (Å²) in [5.74, 6) is 0.980. The zero-order valence-electron chi connectivity index (χ0n) is 13.8. The molecule has 1 heterocycles. The van der Waals surface area contributed by atoms with Gasteiger partial charge in [0, 0.05) is 6.04 Å². The van der Waals surface area contributed by atoms with Crippen LogP contribution < -0.4 is 5.14 Å². The summed E-state index contributed by atoms with van der Waals surface area (Å²) < 4.78 is 25.2. The van der Waals surface area contributed by atoms with Crippen molar-refractivity contribution in [2.24, 2.45) is 5.14 Å². The number of rotatable bonds is 5. The minimum absolute atomic E-state index is 0.137. The number of benzene rings is 1. The number of nitrogens with two attached hydrogens (primary N) is 1. The molecular formula is C17H23N3O2S2.